The molecule has 0 aliphatic rings. The third-order valence-corrected chi connectivity index (χ3v) is 2.39. The second kappa shape index (κ2) is 5.11. The van der Waals surface area contributed by atoms with E-state index in [9.17, 15) is 26.7 Å². The molecule has 1 aromatic heterocycles. The van der Waals surface area contributed by atoms with Crippen molar-refractivity contribution in [2.24, 2.45) is 0 Å². The number of carbonyl (C=O) groups excluding carboxylic acids is 1. The molecule has 0 saturated carbocycles. The highest BCUT2D eigenvalue weighted by Gasteiger charge is 2.63. The third-order valence-electron chi connectivity index (χ3n) is 2.39. The molecule has 21 heavy (non-hydrogen) atoms. The molecule has 2 rings (SSSR count). The Hall–Kier alpha value is -2.52. The van der Waals surface area contributed by atoms with Gasteiger partial charge < -0.3 is 9.73 Å². The van der Waals surface area contributed by atoms with Gasteiger partial charge in [0.1, 0.15) is 0 Å². The van der Waals surface area contributed by atoms with E-state index in [0.717, 1.165) is 18.5 Å². The lowest BCUT2D eigenvalue weighted by molar-refractivity contribution is -0.267. The fourth-order valence-corrected chi connectivity index (χ4v) is 1.33. The molecule has 1 amide bonds. The summed E-state index contributed by atoms with van der Waals surface area (Å²) in [5.74, 6) is -7.80. The first-order chi connectivity index (χ1) is 9.72. The number of nitrogens with zero attached hydrogens (tertiary/aromatic N) is 2. The highest BCUT2D eigenvalue weighted by atomic mass is 19.4. The van der Waals surface area contributed by atoms with Crippen molar-refractivity contribution in [1.82, 2.24) is 10.2 Å². The molecule has 5 nitrogen and oxygen atoms in total. The minimum absolute atomic E-state index is 0.133. The summed E-state index contributed by atoms with van der Waals surface area (Å²) in [6.07, 6.45) is -4.89. The molecular weight excluding hydrogens is 301 g/mol. The average Bonchev–Trinajstić information content (AvgIpc) is 2.92. The molecule has 0 atom stereocenters. The number of hydrogen-bond donors (Lipinski definition) is 1. The molecule has 0 saturated heterocycles. The van der Waals surface area contributed by atoms with Crippen LogP contribution in [0.25, 0.3) is 11.5 Å². The van der Waals surface area contributed by atoms with Crippen molar-refractivity contribution in [3.05, 3.63) is 30.7 Å². The van der Waals surface area contributed by atoms with Crippen LogP contribution in [-0.4, -0.2) is 28.2 Å². The zero-order valence-electron chi connectivity index (χ0n) is 9.99. The molecule has 112 valence electrons. The van der Waals surface area contributed by atoms with Crippen LogP contribution in [0.3, 0.4) is 0 Å². The van der Waals surface area contributed by atoms with Gasteiger partial charge in [-0.25, -0.2) is 0 Å². The van der Waals surface area contributed by atoms with Crippen LogP contribution in [0.1, 0.15) is 0 Å². The molecule has 0 radical (unpaired) electrons. The topological polar surface area (TPSA) is 68.0 Å². The van der Waals surface area contributed by atoms with Crippen molar-refractivity contribution >= 4 is 11.6 Å². The summed E-state index contributed by atoms with van der Waals surface area (Å²) in [6.45, 7) is 0. The molecule has 10 heteroatoms. The van der Waals surface area contributed by atoms with Gasteiger partial charge in [-0.2, -0.15) is 22.0 Å². The second-order valence-electron chi connectivity index (χ2n) is 3.85. The van der Waals surface area contributed by atoms with Gasteiger partial charge in [-0.15, -0.1) is 10.2 Å². The number of nitrogens with one attached hydrogen (secondary N) is 1. The lowest BCUT2D eigenvalue weighted by Gasteiger charge is -2.18. The molecular formula is C11H6F5N3O2. The van der Waals surface area contributed by atoms with E-state index in [1.807, 2.05) is 0 Å². The van der Waals surface area contributed by atoms with Crippen LogP contribution in [0.4, 0.5) is 27.6 Å². The standard InChI is InChI=1S/C11H6F5N3O2/c12-10(13,11(14,15)16)9(20)18-7-3-1-6(2-4-7)8-19-17-5-21-8/h1-5H,(H,18,20). The molecule has 1 N–H and O–H groups in total. The number of benzene rings is 1. The Morgan fingerprint density at radius 3 is 2.19 bits per heavy atom. The van der Waals surface area contributed by atoms with Crippen molar-refractivity contribution in [3.8, 4) is 11.5 Å². The van der Waals surface area contributed by atoms with E-state index in [1.54, 1.807) is 0 Å². The summed E-state index contributed by atoms with van der Waals surface area (Å²) in [5.41, 5.74) is 0.181. The van der Waals surface area contributed by atoms with Gasteiger partial charge in [-0.1, -0.05) is 0 Å². The van der Waals surface area contributed by atoms with Gasteiger partial charge >= 0.3 is 18.0 Å². The molecule has 2 aromatic rings. The van der Waals surface area contributed by atoms with Crippen molar-refractivity contribution in [1.29, 1.82) is 0 Å². The Kier molecular flexibility index (Phi) is 3.62. The lowest BCUT2D eigenvalue weighted by atomic mass is 10.2. The fourth-order valence-electron chi connectivity index (χ4n) is 1.33. The molecule has 0 aliphatic carbocycles. The number of amides is 1. The molecule has 0 fully saturated rings. The predicted molar refractivity (Wildman–Crippen MR) is 59.4 cm³/mol. The Morgan fingerprint density at radius 1 is 1.10 bits per heavy atom. The smallest absolute Gasteiger partial charge is 0.423 e. The normalized spacial score (nSPS) is 12.2. The van der Waals surface area contributed by atoms with Crippen molar-refractivity contribution in [2.75, 3.05) is 5.32 Å². The van der Waals surface area contributed by atoms with E-state index in [0.29, 0.717) is 5.56 Å². The minimum Gasteiger partial charge on any atom is -0.423 e. The number of carbonyl (C=O) groups is 1. The summed E-state index contributed by atoms with van der Waals surface area (Å²) >= 11 is 0. The number of alkyl halides is 5. The third kappa shape index (κ3) is 2.98. The Balaban J connectivity index is 2.12. The first kappa shape index (κ1) is 14.9. The fraction of sp³-hybridized carbons (Fsp3) is 0.182. The predicted octanol–water partition coefficient (Wildman–Crippen LogP) is 2.87. The van der Waals surface area contributed by atoms with E-state index in [-0.39, 0.29) is 11.6 Å². The van der Waals surface area contributed by atoms with Gasteiger partial charge in [-0.05, 0) is 24.3 Å². The van der Waals surface area contributed by atoms with E-state index < -0.39 is 18.0 Å². The van der Waals surface area contributed by atoms with E-state index >= 15 is 0 Å². The molecule has 0 bridgehead atoms. The average molecular weight is 307 g/mol. The maximum atomic E-state index is 12.7. The molecule has 0 unspecified atom stereocenters. The minimum atomic E-state index is -5.96. The van der Waals surface area contributed by atoms with E-state index in [1.165, 1.54) is 17.4 Å². The van der Waals surface area contributed by atoms with Crippen LogP contribution in [-0.2, 0) is 4.79 Å². The second-order valence-corrected chi connectivity index (χ2v) is 3.85. The van der Waals surface area contributed by atoms with Crippen LogP contribution in [0.15, 0.2) is 35.1 Å². The van der Waals surface area contributed by atoms with Crippen LogP contribution < -0.4 is 5.32 Å². The van der Waals surface area contributed by atoms with Crippen LogP contribution in [0, 0.1) is 0 Å². The monoisotopic (exact) mass is 307 g/mol. The zero-order valence-corrected chi connectivity index (χ0v) is 9.99. The Labute approximate surface area is 113 Å². The van der Waals surface area contributed by atoms with Gasteiger partial charge in [0, 0.05) is 11.3 Å². The number of halogens is 5. The molecule has 1 heterocycles. The van der Waals surface area contributed by atoms with Gasteiger partial charge in [-0.3, -0.25) is 4.79 Å². The van der Waals surface area contributed by atoms with E-state index in [2.05, 4.69) is 10.2 Å². The number of aromatic nitrogens is 2. The lowest BCUT2D eigenvalue weighted by Crippen LogP contribution is -2.47. The van der Waals surface area contributed by atoms with Crippen LogP contribution >= 0.6 is 0 Å². The van der Waals surface area contributed by atoms with Crippen molar-refractivity contribution in [2.45, 2.75) is 12.1 Å². The summed E-state index contributed by atoms with van der Waals surface area (Å²) < 4.78 is 66.3. The quantitative estimate of drug-likeness (QED) is 0.885. The van der Waals surface area contributed by atoms with Gasteiger partial charge in [0.2, 0.25) is 12.3 Å². The molecule has 0 spiro atoms. The summed E-state index contributed by atoms with van der Waals surface area (Å²) in [7, 11) is 0. The van der Waals surface area contributed by atoms with Crippen molar-refractivity contribution < 1.29 is 31.2 Å². The maximum absolute atomic E-state index is 12.7. The van der Waals surface area contributed by atoms with Gasteiger partial charge in [0.05, 0.1) is 0 Å². The van der Waals surface area contributed by atoms with Crippen LogP contribution in [0.2, 0.25) is 0 Å². The number of hydrogen-bond acceptors (Lipinski definition) is 4. The van der Waals surface area contributed by atoms with Crippen molar-refractivity contribution in [3.63, 3.8) is 0 Å². The highest BCUT2D eigenvalue weighted by Crippen LogP contribution is 2.36. The first-order valence-electron chi connectivity index (χ1n) is 5.34. The van der Waals surface area contributed by atoms with Gasteiger partial charge in [0.15, 0.2) is 0 Å². The summed E-state index contributed by atoms with van der Waals surface area (Å²) in [6, 6.07) is 4.89. The maximum Gasteiger partial charge on any atom is 0.463 e. The SMILES string of the molecule is O=C(Nc1ccc(-c2nnco2)cc1)C(F)(F)C(F)(F)F. The molecule has 1 aromatic carbocycles. The zero-order chi connectivity index (χ0) is 15.7. The highest BCUT2D eigenvalue weighted by molar-refractivity contribution is 5.96. The summed E-state index contributed by atoms with van der Waals surface area (Å²) in [5, 5.41) is 8.48. The largest absolute Gasteiger partial charge is 0.463 e. The first-order valence-corrected chi connectivity index (χ1v) is 5.34. The van der Waals surface area contributed by atoms with E-state index in [4.69, 9.17) is 4.42 Å². The van der Waals surface area contributed by atoms with Gasteiger partial charge in [0.25, 0.3) is 0 Å². The number of rotatable bonds is 3. The van der Waals surface area contributed by atoms with Crippen LogP contribution in [0.5, 0.6) is 0 Å². The Morgan fingerprint density at radius 2 is 1.71 bits per heavy atom. The molecule has 0 aliphatic heterocycles. The number of anilines is 1. The Bertz CT molecular complexity index is 622. The summed E-state index contributed by atoms with van der Waals surface area (Å²) in [4.78, 5) is 11.0.